The number of aliphatic hydroxyl groups is 2. The molecule has 96 valence electrons. The van der Waals surface area contributed by atoms with Crippen molar-refractivity contribution in [2.75, 3.05) is 13.2 Å². The number of nitrogens with zero attached hydrogens (tertiary/aromatic N) is 4. The smallest absolute Gasteiger partial charge is 0.170 e. The van der Waals surface area contributed by atoms with Crippen LogP contribution in [-0.4, -0.2) is 49.7 Å². The van der Waals surface area contributed by atoms with Crippen LogP contribution in [0.4, 0.5) is 0 Å². The van der Waals surface area contributed by atoms with Crippen molar-refractivity contribution < 1.29 is 10.2 Å². The van der Waals surface area contributed by atoms with E-state index in [0.717, 1.165) is 5.69 Å². The Morgan fingerprint density at radius 1 is 1.17 bits per heavy atom. The maximum atomic E-state index is 8.96. The summed E-state index contributed by atoms with van der Waals surface area (Å²) in [4.78, 5) is 0. The Kier molecular flexibility index (Phi) is 4.35. The van der Waals surface area contributed by atoms with Gasteiger partial charge in [0.05, 0.1) is 31.5 Å². The van der Waals surface area contributed by atoms with Gasteiger partial charge in [-0.3, -0.25) is 0 Å². The van der Waals surface area contributed by atoms with E-state index in [-0.39, 0.29) is 19.3 Å². The summed E-state index contributed by atoms with van der Waals surface area (Å²) in [5.74, 6) is 0.619. The van der Waals surface area contributed by atoms with Gasteiger partial charge in [-0.25, -0.2) is 0 Å². The predicted molar refractivity (Wildman–Crippen MR) is 64.0 cm³/mol. The number of hydrogen-bond donors (Lipinski definition) is 3. The van der Waals surface area contributed by atoms with Crippen molar-refractivity contribution in [3.63, 3.8) is 0 Å². The van der Waals surface area contributed by atoms with E-state index in [0.29, 0.717) is 12.4 Å². The maximum Gasteiger partial charge on any atom is 0.170 e. The molecule has 2 aromatic rings. The first-order chi connectivity index (χ1) is 8.85. The van der Waals surface area contributed by atoms with E-state index in [1.54, 1.807) is 4.68 Å². The summed E-state index contributed by atoms with van der Waals surface area (Å²) in [7, 11) is 0. The quantitative estimate of drug-likeness (QED) is 0.614. The molecule has 0 bridgehead atoms. The average Bonchev–Trinajstić information content (AvgIpc) is 2.89. The van der Waals surface area contributed by atoms with Crippen molar-refractivity contribution >= 4 is 0 Å². The first-order valence-electron chi connectivity index (χ1n) is 5.63. The lowest BCUT2D eigenvalue weighted by atomic mass is 10.3. The predicted octanol–water partition coefficient (Wildman–Crippen LogP) is -0.895. The van der Waals surface area contributed by atoms with Crippen LogP contribution in [-0.2, 0) is 6.54 Å². The van der Waals surface area contributed by atoms with Crippen molar-refractivity contribution in [2.24, 2.45) is 0 Å². The van der Waals surface area contributed by atoms with Gasteiger partial charge in [-0.1, -0.05) is 18.2 Å². The Bertz CT molecular complexity index is 469. The third-order valence-electron chi connectivity index (χ3n) is 2.52. The van der Waals surface area contributed by atoms with Crippen LogP contribution in [0, 0.1) is 0 Å². The Labute approximate surface area is 104 Å². The minimum Gasteiger partial charge on any atom is -0.395 e. The highest BCUT2D eigenvalue weighted by Crippen LogP contribution is 2.06. The monoisotopic (exact) mass is 249 g/mol. The first-order valence-corrected chi connectivity index (χ1v) is 5.63. The lowest BCUT2D eigenvalue weighted by molar-refractivity contribution is 0.169. The lowest BCUT2D eigenvalue weighted by Gasteiger charge is -2.12. The van der Waals surface area contributed by atoms with Gasteiger partial charge in [-0.2, -0.15) is 4.68 Å². The zero-order chi connectivity index (χ0) is 12.8. The van der Waals surface area contributed by atoms with Gasteiger partial charge in [0.15, 0.2) is 5.82 Å². The second kappa shape index (κ2) is 6.20. The number of hydrogen-bond acceptors (Lipinski definition) is 6. The highest BCUT2D eigenvalue weighted by molar-refractivity contribution is 5.30. The SMILES string of the molecule is OCC(CO)NCc1nnnn1-c1ccccc1. The van der Waals surface area contributed by atoms with E-state index in [4.69, 9.17) is 10.2 Å². The second-order valence-electron chi connectivity index (χ2n) is 3.79. The van der Waals surface area contributed by atoms with Crippen LogP contribution in [0.25, 0.3) is 5.69 Å². The fourth-order valence-corrected chi connectivity index (χ4v) is 1.51. The number of tetrazole rings is 1. The van der Waals surface area contributed by atoms with Gasteiger partial charge in [0.25, 0.3) is 0 Å². The molecule has 3 N–H and O–H groups in total. The number of rotatable bonds is 6. The summed E-state index contributed by atoms with van der Waals surface area (Å²) >= 11 is 0. The molecule has 18 heavy (non-hydrogen) atoms. The van der Waals surface area contributed by atoms with E-state index in [2.05, 4.69) is 20.8 Å². The summed E-state index contributed by atoms with van der Waals surface area (Å²) in [6.45, 7) is 0.0977. The Morgan fingerprint density at radius 2 is 1.89 bits per heavy atom. The molecule has 0 spiro atoms. The molecule has 0 fully saturated rings. The molecule has 0 aliphatic heterocycles. The molecule has 0 saturated heterocycles. The van der Waals surface area contributed by atoms with Gasteiger partial charge >= 0.3 is 0 Å². The number of para-hydroxylation sites is 1. The van der Waals surface area contributed by atoms with Crippen molar-refractivity contribution in [1.82, 2.24) is 25.5 Å². The van der Waals surface area contributed by atoms with E-state index >= 15 is 0 Å². The van der Waals surface area contributed by atoms with Crippen molar-refractivity contribution in [2.45, 2.75) is 12.6 Å². The summed E-state index contributed by atoms with van der Waals surface area (Å²) in [5, 5.41) is 32.3. The van der Waals surface area contributed by atoms with Crippen LogP contribution in [0.5, 0.6) is 0 Å². The van der Waals surface area contributed by atoms with E-state index < -0.39 is 0 Å². The fourth-order valence-electron chi connectivity index (χ4n) is 1.51. The number of benzene rings is 1. The third kappa shape index (κ3) is 2.89. The highest BCUT2D eigenvalue weighted by atomic mass is 16.3. The zero-order valence-electron chi connectivity index (χ0n) is 9.77. The fraction of sp³-hybridized carbons (Fsp3) is 0.364. The van der Waals surface area contributed by atoms with Crippen LogP contribution in [0.15, 0.2) is 30.3 Å². The summed E-state index contributed by atoms with van der Waals surface area (Å²) in [6, 6.07) is 9.15. The molecular weight excluding hydrogens is 234 g/mol. The largest absolute Gasteiger partial charge is 0.395 e. The van der Waals surface area contributed by atoms with Crippen LogP contribution < -0.4 is 5.32 Å². The Hall–Kier alpha value is -1.83. The third-order valence-corrected chi connectivity index (χ3v) is 2.52. The minimum absolute atomic E-state index is 0.136. The van der Waals surface area contributed by atoms with Gasteiger partial charge in [-0.15, -0.1) is 5.10 Å². The normalized spacial score (nSPS) is 11.1. The lowest BCUT2D eigenvalue weighted by Crippen LogP contribution is -2.35. The minimum atomic E-state index is -0.370. The standard InChI is InChI=1S/C11H15N5O2/c17-7-9(8-18)12-6-11-13-14-15-16(11)10-4-2-1-3-5-10/h1-5,9,12,17-18H,6-8H2. The molecule has 0 amide bonds. The first kappa shape index (κ1) is 12.6. The van der Waals surface area contributed by atoms with Crippen molar-refractivity contribution in [3.05, 3.63) is 36.2 Å². The molecule has 7 nitrogen and oxygen atoms in total. The van der Waals surface area contributed by atoms with E-state index in [1.165, 1.54) is 0 Å². The number of aromatic nitrogens is 4. The van der Waals surface area contributed by atoms with Crippen molar-refractivity contribution in [3.8, 4) is 5.69 Å². The zero-order valence-corrected chi connectivity index (χ0v) is 9.77. The average molecular weight is 249 g/mol. The molecule has 0 saturated carbocycles. The van der Waals surface area contributed by atoms with Crippen LogP contribution in [0.1, 0.15) is 5.82 Å². The number of nitrogens with one attached hydrogen (secondary N) is 1. The molecule has 0 aliphatic rings. The molecule has 0 aliphatic carbocycles. The van der Waals surface area contributed by atoms with Gasteiger partial charge in [0.2, 0.25) is 0 Å². The van der Waals surface area contributed by atoms with Gasteiger partial charge in [-0.05, 0) is 22.6 Å². The summed E-state index contributed by atoms with van der Waals surface area (Å²) < 4.78 is 1.61. The molecule has 0 radical (unpaired) electrons. The molecule has 1 aromatic carbocycles. The van der Waals surface area contributed by atoms with Crippen LogP contribution in [0.3, 0.4) is 0 Å². The van der Waals surface area contributed by atoms with Crippen LogP contribution in [0.2, 0.25) is 0 Å². The van der Waals surface area contributed by atoms with Crippen molar-refractivity contribution in [1.29, 1.82) is 0 Å². The van der Waals surface area contributed by atoms with E-state index in [1.807, 2.05) is 30.3 Å². The summed E-state index contributed by atoms with van der Waals surface area (Å²) in [6.07, 6.45) is 0. The molecule has 7 heteroatoms. The molecule has 1 heterocycles. The molecule has 1 aromatic heterocycles. The number of aliphatic hydroxyl groups excluding tert-OH is 2. The molecular formula is C11H15N5O2. The van der Waals surface area contributed by atoms with Crippen LogP contribution >= 0.6 is 0 Å². The Morgan fingerprint density at radius 3 is 2.56 bits per heavy atom. The molecule has 0 atom stereocenters. The Balaban J connectivity index is 2.09. The highest BCUT2D eigenvalue weighted by Gasteiger charge is 2.10. The van der Waals surface area contributed by atoms with E-state index in [9.17, 15) is 0 Å². The van der Waals surface area contributed by atoms with Gasteiger partial charge in [0.1, 0.15) is 0 Å². The second-order valence-corrected chi connectivity index (χ2v) is 3.79. The summed E-state index contributed by atoms with van der Waals surface area (Å²) in [5.41, 5.74) is 0.865. The van der Waals surface area contributed by atoms with Gasteiger partial charge in [0, 0.05) is 0 Å². The topological polar surface area (TPSA) is 96.1 Å². The van der Waals surface area contributed by atoms with Gasteiger partial charge < -0.3 is 15.5 Å². The molecule has 0 unspecified atom stereocenters. The maximum absolute atomic E-state index is 8.96. The molecule has 2 rings (SSSR count).